The smallest absolute Gasteiger partial charge is 0.225 e. The molecular formula is C18H18N4OS2. The van der Waals surface area contributed by atoms with Crippen LogP contribution in [-0.4, -0.2) is 21.9 Å². The molecule has 3 aromatic rings. The van der Waals surface area contributed by atoms with Crippen molar-refractivity contribution in [2.75, 3.05) is 16.4 Å². The molecule has 3 rings (SSSR count). The molecule has 0 aliphatic carbocycles. The molecule has 0 aliphatic rings. The number of para-hydroxylation sites is 1. The Hall–Kier alpha value is -2.38. The van der Waals surface area contributed by atoms with Gasteiger partial charge in [-0.3, -0.25) is 4.79 Å². The lowest BCUT2D eigenvalue weighted by Crippen LogP contribution is -2.11. The average Bonchev–Trinajstić information content (AvgIpc) is 3.09. The quantitative estimate of drug-likeness (QED) is 0.580. The second kappa shape index (κ2) is 9.19. The van der Waals surface area contributed by atoms with Crippen molar-refractivity contribution in [3.63, 3.8) is 0 Å². The van der Waals surface area contributed by atoms with Crippen molar-refractivity contribution in [2.24, 2.45) is 0 Å². The van der Waals surface area contributed by atoms with Crippen LogP contribution >= 0.6 is 23.1 Å². The minimum absolute atomic E-state index is 0.00522. The highest BCUT2D eigenvalue weighted by atomic mass is 32.2. The Morgan fingerprint density at radius 3 is 2.48 bits per heavy atom. The molecule has 7 heteroatoms. The summed E-state index contributed by atoms with van der Waals surface area (Å²) in [6, 6.07) is 19.6. The second-order valence-electron chi connectivity index (χ2n) is 5.22. The zero-order valence-corrected chi connectivity index (χ0v) is 15.1. The third-order valence-electron chi connectivity index (χ3n) is 3.31. The van der Waals surface area contributed by atoms with E-state index in [9.17, 15) is 4.79 Å². The van der Waals surface area contributed by atoms with Gasteiger partial charge in [0.25, 0.3) is 0 Å². The summed E-state index contributed by atoms with van der Waals surface area (Å²) in [5.74, 6) is 0.678. The van der Waals surface area contributed by atoms with E-state index in [4.69, 9.17) is 0 Å². The standard InChI is InChI=1S/C18H18N4OS2/c23-16(20-15-9-5-2-6-10-15)11-12-24-18-22-21-17(25-18)19-13-14-7-3-1-4-8-14/h1-10H,11-13H2,(H,19,21)(H,20,23). The van der Waals surface area contributed by atoms with Gasteiger partial charge in [-0.1, -0.05) is 71.6 Å². The molecule has 2 N–H and O–H groups in total. The van der Waals surface area contributed by atoms with Crippen LogP contribution in [0, 0.1) is 0 Å². The first-order valence-corrected chi connectivity index (χ1v) is 9.69. The van der Waals surface area contributed by atoms with Gasteiger partial charge in [-0.15, -0.1) is 10.2 Å². The molecule has 0 spiro atoms. The SMILES string of the molecule is O=C(CCSc1nnc(NCc2ccccc2)s1)Nc1ccccc1. The molecule has 5 nitrogen and oxygen atoms in total. The first kappa shape index (κ1) is 17.4. The molecule has 1 heterocycles. The Morgan fingerprint density at radius 1 is 1.00 bits per heavy atom. The summed E-state index contributed by atoms with van der Waals surface area (Å²) < 4.78 is 0.864. The third kappa shape index (κ3) is 5.88. The Morgan fingerprint density at radius 2 is 1.72 bits per heavy atom. The van der Waals surface area contributed by atoms with Crippen LogP contribution in [0.1, 0.15) is 12.0 Å². The minimum atomic E-state index is 0.00522. The molecule has 0 atom stereocenters. The highest BCUT2D eigenvalue weighted by molar-refractivity contribution is 8.01. The molecule has 0 unspecified atom stereocenters. The van der Waals surface area contributed by atoms with Gasteiger partial charge in [-0.2, -0.15) is 0 Å². The van der Waals surface area contributed by atoms with E-state index in [1.54, 1.807) is 11.8 Å². The number of aromatic nitrogens is 2. The van der Waals surface area contributed by atoms with E-state index >= 15 is 0 Å². The number of hydrogen-bond donors (Lipinski definition) is 2. The predicted octanol–water partition coefficient (Wildman–Crippen LogP) is 4.27. The van der Waals surface area contributed by atoms with Gasteiger partial charge in [0.15, 0.2) is 4.34 Å². The molecule has 25 heavy (non-hydrogen) atoms. The zero-order chi connectivity index (χ0) is 17.3. The van der Waals surface area contributed by atoms with Gasteiger partial charge in [-0.25, -0.2) is 0 Å². The van der Waals surface area contributed by atoms with Crippen molar-refractivity contribution in [3.05, 3.63) is 66.2 Å². The number of amides is 1. The van der Waals surface area contributed by atoms with Crippen LogP contribution in [0.25, 0.3) is 0 Å². The number of carbonyl (C=O) groups excluding carboxylic acids is 1. The van der Waals surface area contributed by atoms with Crippen LogP contribution in [-0.2, 0) is 11.3 Å². The lowest BCUT2D eigenvalue weighted by molar-refractivity contribution is -0.115. The number of thioether (sulfide) groups is 1. The number of rotatable bonds is 8. The molecule has 2 aromatic carbocycles. The summed E-state index contributed by atoms with van der Waals surface area (Å²) in [5.41, 5.74) is 2.02. The Kier molecular flexibility index (Phi) is 6.42. The van der Waals surface area contributed by atoms with Crippen molar-refractivity contribution in [3.8, 4) is 0 Å². The van der Waals surface area contributed by atoms with Crippen molar-refractivity contribution >= 4 is 39.8 Å². The molecule has 0 bridgehead atoms. The van der Waals surface area contributed by atoms with Crippen LogP contribution in [0.2, 0.25) is 0 Å². The van der Waals surface area contributed by atoms with E-state index in [1.165, 1.54) is 16.9 Å². The van der Waals surface area contributed by atoms with Crippen molar-refractivity contribution in [1.29, 1.82) is 0 Å². The van der Waals surface area contributed by atoms with E-state index in [-0.39, 0.29) is 5.91 Å². The first-order chi connectivity index (χ1) is 12.3. The fourth-order valence-corrected chi connectivity index (χ4v) is 3.85. The summed E-state index contributed by atoms with van der Waals surface area (Å²) in [6.45, 7) is 0.722. The van der Waals surface area contributed by atoms with E-state index in [1.807, 2.05) is 48.5 Å². The lowest BCUT2D eigenvalue weighted by Gasteiger charge is -2.03. The summed E-state index contributed by atoms with van der Waals surface area (Å²) in [6.07, 6.45) is 0.436. The molecule has 0 saturated carbocycles. The maximum absolute atomic E-state index is 11.9. The van der Waals surface area contributed by atoms with Gasteiger partial charge in [-0.05, 0) is 17.7 Å². The number of carbonyl (C=O) groups is 1. The van der Waals surface area contributed by atoms with E-state index in [0.717, 1.165) is 21.7 Å². The van der Waals surface area contributed by atoms with Gasteiger partial charge in [0.1, 0.15) is 0 Å². The fourth-order valence-electron chi connectivity index (χ4n) is 2.09. The average molecular weight is 371 g/mol. The van der Waals surface area contributed by atoms with E-state index in [2.05, 4.69) is 33.0 Å². The molecule has 128 valence electrons. The Labute approximate surface area is 154 Å². The number of nitrogens with zero attached hydrogens (tertiary/aromatic N) is 2. The van der Waals surface area contributed by atoms with Gasteiger partial charge in [0.05, 0.1) is 0 Å². The fraction of sp³-hybridized carbons (Fsp3) is 0.167. The van der Waals surface area contributed by atoms with Crippen molar-refractivity contribution < 1.29 is 4.79 Å². The van der Waals surface area contributed by atoms with Gasteiger partial charge in [0, 0.05) is 24.4 Å². The molecule has 1 amide bonds. The maximum Gasteiger partial charge on any atom is 0.225 e. The monoisotopic (exact) mass is 370 g/mol. The predicted molar refractivity (Wildman–Crippen MR) is 104 cm³/mol. The first-order valence-electron chi connectivity index (χ1n) is 7.88. The van der Waals surface area contributed by atoms with Crippen LogP contribution in [0.5, 0.6) is 0 Å². The van der Waals surface area contributed by atoms with Gasteiger partial charge >= 0.3 is 0 Å². The summed E-state index contributed by atoms with van der Waals surface area (Å²) in [4.78, 5) is 11.9. The van der Waals surface area contributed by atoms with Crippen LogP contribution in [0.3, 0.4) is 0 Å². The van der Waals surface area contributed by atoms with Crippen LogP contribution in [0.4, 0.5) is 10.8 Å². The molecule has 0 fully saturated rings. The van der Waals surface area contributed by atoms with Crippen LogP contribution in [0.15, 0.2) is 65.0 Å². The van der Waals surface area contributed by atoms with Crippen LogP contribution < -0.4 is 10.6 Å². The number of nitrogens with one attached hydrogen (secondary N) is 2. The molecule has 0 saturated heterocycles. The topological polar surface area (TPSA) is 66.9 Å². The maximum atomic E-state index is 11.9. The largest absolute Gasteiger partial charge is 0.356 e. The van der Waals surface area contributed by atoms with E-state index in [0.29, 0.717) is 12.2 Å². The summed E-state index contributed by atoms with van der Waals surface area (Å²) in [5, 5.41) is 15.2. The third-order valence-corrected chi connectivity index (χ3v) is 5.32. The zero-order valence-electron chi connectivity index (χ0n) is 13.5. The summed E-state index contributed by atoms with van der Waals surface area (Å²) >= 11 is 3.05. The Balaban J connectivity index is 1.39. The highest BCUT2D eigenvalue weighted by Crippen LogP contribution is 2.26. The number of hydrogen-bond acceptors (Lipinski definition) is 6. The van der Waals surface area contributed by atoms with Crippen molar-refractivity contribution in [1.82, 2.24) is 10.2 Å². The lowest BCUT2D eigenvalue weighted by atomic mass is 10.2. The second-order valence-corrected chi connectivity index (χ2v) is 7.54. The van der Waals surface area contributed by atoms with Gasteiger partial charge in [0.2, 0.25) is 11.0 Å². The number of benzene rings is 2. The molecule has 1 aromatic heterocycles. The van der Waals surface area contributed by atoms with Gasteiger partial charge < -0.3 is 10.6 Å². The minimum Gasteiger partial charge on any atom is -0.356 e. The highest BCUT2D eigenvalue weighted by Gasteiger charge is 2.07. The normalized spacial score (nSPS) is 10.4. The molecule has 0 radical (unpaired) electrons. The van der Waals surface area contributed by atoms with E-state index < -0.39 is 0 Å². The molecule has 0 aliphatic heterocycles. The molecular weight excluding hydrogens is 352 g/mol. The summed E-state index contributed by atoms with van der Waals surface area (Å²) in [7, 11) is 0. The number of anilines is 2. The Bertz CT molecular complexity index is 793. The van der Waals surface area contributed by atoms with Crippen molar-refractivity contribution in [2.45, 2.75) is 17.3 Å².